The van der Waals surface area contributed by atoms with E-state index in [0.717, 1.165) is 10.0 Å². The molecule has 0 aromatic heterocycles. The van der Waals surface area contributed by atoms with Gasteiger partial charge in [-0.2, -0.15) is 0 Å². The Kier molecular flexibility index (Phi) is 5.06. The number of carboxylic acids is 1. The molecule has 0 atom stereocenters. The maximum atomic E-state index is 12.4. The maximum Gasteiger partial charge on any atom is 0.306 e. The summed E-state index contributed by atoms with van der Waals surface area (Å²) in [5.74, 6) is -1.14. The number of hydrogen-bond donors (Lipinski definition) is 2. The standard InChI is InChI=1S/C14H18BrNO4S/c1-9-6-11(15)8-13(7-9)21(19,20)16-12-4-2-10(3-5-12)14(17)18/h6-8,10,12,16H,2-5H2,1H3,(H,17,18). The van der Waals surface area contributed by atoms with Crippen LogP contribution in [0.1, 0.15) is 31.2 Å². The first-order chi connectivity index (χ1) is 9.78. The van der Waals surface area contributed by atoms with Gasteiger partial charge in [-0.05, 0) is 56.4 Å². The normalized spacial score (nSPS) is 23.0. The number of halogens is 1. The van der Waals surface area contributed by atoms with Crippen LogP contribution in [0.15, 0.2) is 27.6 Å². The van der Waals surface area contributed by atoms with E-state index in [0.29, 0.717) is 25.7 Å². The van der Waals surface area contributed by atoms with Crippen molar-refractivity contribution in [1.82, 2.24) is 4.72 Å². The molecule has 1 aromatic rings. The van der Waals surface area contributed by atoms with Crippen LogP contribution in [0.25, 0.3) is 0 Å². The average molecular weight is 376 g/mol. The van der Waals surface area contributed by atoms with Crippen LogP contribution in [0.2, 0.25) is 0 Å². The second-order valence-electron chi connectivity index (χ2n) is 5.47. The van der Waals surface area contributed by atoms with Gasteiger partial charge in [0.1, 0.15) is 0 Å². The first-order valence-electron chi connectivity index (χ1n) is 6.80. The topological polar surface area (TPSA) is 83.5 Å². The summed E-state index contributed by atoms with van der Waals surface area (Å²) in [6.07, 6.45) is 2.15. The molecule has 0 aliphatic heterocycles. The largest absolute Gasteiger partial charge is 0.481 e. The van der Waals surface area contributed by atoms with E-state index in [4.69, 9.17) is 5.11 Å². The highest BCUT2D eigenvalue weighted by molar-refractivity contribution is 9.10. The number of hydrogen-bond acceptors (Lipinski definition) is 3. The summed E-state index contributed by atoms with van der Waals surface area (Å²) >= 11 is 3.30. The van der Waals surface area contributed by atoms with Crippen LogP contribution in [0.3, 0.4) is 0 Å². The second kappa shape index (κ2) is 6.46. The van der Waals surface area contributed by atoms with E-state index in [1.807, 2.05) is 13.0 Å². The molecule has 5 nitrogen and oxygen atoms in total. The molecule has 7 heteroatoms. The molecule has 1 fully saturated rings. The predicted octanol–water partition coefficient (Wildman–Crippen LogP) is 2.68. The van der Waals surface area contributed by atoms with Crippen molar-refractivity contribution in [3.63, 3.8) is 0 Å². The highest BCUT2D eigenvalue weighted by Crippen LogP contribution is 2.26. The number of aliphatic carboxylic acids is 1. The molecule has 2 rings (SSSR count). The summed E-state index contributed by atoms with van der Waals surface area (Å²) in [6.45, 7) is 1.84. The highest BCUT2D eigenvalue weighted by Gasteiger charge is 2.28. The third kappa shape index (κ3) is 4.28. The van der Waals surface area contributed by atoms with Gasteiger partial charge in [-0.3, -0.25) is 4.79 Å². The number of sulfonamides is 1. The molecule has 1 aliphatic carbocycles. The van der Waals surface area contributed by atoms with Gasteiger partial charge in [-0.15, -0.1) is 0 Å². The van der Waals surface area contributed by atoms with Crippen molar-refractivity contribution in [2.75, 3.05) is 0 Å². The van der Waals surface area contributed by atoms with Gasteiger partial charge in [0.15, 0.2) is 0 Å². The molecular formula is C14H18BrNO4S. The van der Waals surface area contributed by atoms with E-state index >= 15 is 0 Å². The minimum atomic E-state index is -3.57. The highest BCUT2D eigenvalue weighted by atomic mass is 79.9. The molecule has 0 amide bonds. The SMILES string of the molecule is Cc1cc(Br)cc(S(=O)(=O)NC2CCC(C(=O)O)CC2)c1. The van der Waals surface area contributed by atoms with E-state index in [-0.39, 0.29) is 16.9 Å². The molecule has 116 valence electrons. The summed E-state index contributed by atoms with van der Waals surface area (Å²) in [5, 5.41) is 8.95. The summed E-state index contributed by atoms with van der Waals surface area (Å²) in [5.41, 5.74) is 0.860. The molecule has 0 saturated heterocycles. The Morgan fingerprint density at radius 2 is 1.86 bits per heavy atom. The number of carboxylic acid groups (broad SMARTS) is 1. The molecular weight excluding hydrogens is 358 g/mol. The molecule has 0 radical (unpaired) electrons. The van der Waals surface area contributed by atoms with Crippen molar-refractivity contribution < 1.29 is 18.3 Å². The molecule has 0 unspecified atom stereocenters. The van der Waals surface area contributed by atoms with E-state index in [9.17, 15) is 13.2 Å². The predicted molar refractivity (Wildman–Crippen MR) is 82.6 cm³/mol. The molecule has 0 spiro atoms. The lowest BCUT2D eigenvalue weighted by molar-refractivity contribution is -0.142. The summed E-state index contributed by atoms with van der Waals surface area (Å²) in [7, 11) is -3.57. The zero-order valence-electron chi connectivity index (χ0n) is 11.7. The van der Waals surface area contributed by atoms with Gasteiger partial charge in [-0.1, -0.05) is 15.9 Å². The summed E-state index contributed by atoms with van der Waals surface area (Å²) in [4.78, 5) is 11.1. The van der Waals surface area contributed by atoms with Gasteiger partial charge in [-0.25, -0.2) is 13.1 Å². The molecule has 21 heavy (non-hydrogen) atoms. The number of carbonyl (C=O) groups is 1. The van der Waals surface area contributed by atoms with Gasteiger partial charge in [0.2, 0.25) is 10.0 Å². The van der Waals surface area contributed by atoms with Crippen LogP contribution in [-0.2, 0) is 14.8 Å². The zero-order valence-corrected chi connectivity index (χ0v) is 14.1. The Morgan fingerprint density at radius 1 is 1.24 bits per heavy atom. The molecule has 0 bridgehead atoms. The van der Waals surface area contributed by atoms with Crippen LogP contribution in [0, 0.1) is 12.8 Å². The van der Waals surface area contributed by atoms with Crippen LogP contribution < -0.4 is 4.72 Å². The van der Waals surface area contributed by atoms with Crippen molar-refractivity contribution in [1.29, 1.82) is 0 Å². The summed E-state index contributed by atoms with van der Waals surface area (Å²) < 4.78 is 28.1. The Labute approximate surface area is 132 Å². The monoisotopic (exact) mass is 375 g/mol. The number of benzene rings is 1. The fourth-order valence-corrected chi connectivity index (χ4v) is 4.80. The molecule has 0 heterocycles. The van der Waals surface area contributed by atoms with Gasteiger partial charge < -0.3 is 5.11 Å². The van der Waals surface area contributed by atoms with Crippen LogP contribution in [-0.4, -0.2) is 25.5 Å². The quantitative estimate of drug-likeness (QED) is 0.847. The van der Waals surface area contributed by atoms with E-state index < -0.39 is 16.0 Å². The van der Waals surface area contributed by atoms with Crippen LogP contribution in [0.5, 0.6) is 0 Å². The van der Waals surface area contributed by atoms with Crippen molar-refractivity contribution in [2.24, 2.45) is 5.92 Å². The molecule has 1 saturated carbocycles. The van der Waals surface area contributed by atoms with Crippen molar-refractivity contribution in [3.05, 3.63) is 28.2 Å². The third-order valence-electron chi connectivity index (χ3n) is 3.72. The fourth-order valence-electron chi connectivity index (χ4n) is 2.60. The third-order valence-corrected chi connectivity index (χ3v) is 5.68. The minimum absolute atomic E-state index is 0.190. The lowest BCUT2D eigenvalue weighted by atomic mass is 9.87. The first kappa shape index (κ1) is 16.5. The van der Waals surface area contributed by atoms with Crippen LogP contribution >= 0.6 is 15.9 Å². The van der Waals surface area contributed by atoms with E-state index in [1.165, 1.54) is 0 Å². The Bertz CT molecular complexity index is 616. The first-order valence-corrected chi connectivity index (χ1v) is 9.08. The zero-order chi connectivity index (χ0) is 15.6. The maximum absolute atomic E-state index is 12.4. The number of aryl methyl sites for hydroxylation is 1. The Hall–Kier alpha value is -0.920. The van der Waals surface area contributed by atoms with Gasteiger partial charge in [0, 0.05) is 10.5 Å². The minimum Gasteiger partial charge on any atom is -0.481 e. The van der Waals surface area contributed by atoms with Gasteiger partial charge >= 0.3 is 5.97 Å². The number of rotatable bonds is 4. The van der Waals surface area contributed by atoms with Crippen molar-refractivity contribution in [2.45, 2.75) is 43.5 Å². The van der Waals surface area contributed by atoms with Crippen molar-refractivity contribution >= 4 is 31.9 Å². The Morgan fingerprint density at radius 3 is 2.38 bits per heavy atom. The molecule has 2 N–H and O–H groups in total. The Balaban J connectivity index is 2.07. The van der Waals surface area contributed by atoms with Crippen LogP contribution in [0.4, 0.5) is 0 Å². The second-order valence-corrected chi connectivity index (χ2v) is 8.10. The smallest absolute Gasteiger partial charge is 0.306 e. The fraction of sp³-hybridized carbons (Fsp3) is 0.500. The molecule has 1 aliphatic rings. The van der Waals surface area contributed by atoms with Gasteiger partial charge in [0.05, 0.1) is 10.8 Å². The molecule has 1 aromatic carbocycles. The lowest BCUT2D eigenvalue weighted by Gasteiger charge is -2.26. The van der Waals surface area contributed by atoms with Gasteiger partial charge in [0.25, 0.3) is 0 Å². The lowest BCUT2D eigenvalue weighted by Crippen LogP contribution is -2.38. The van der Waals surface area contributed by atoms with E-state index in [2.05, 4.69) is 20.7 Å². The van der Waals surface area contributed by atoms with Crippen molar-refractivity contribution in [3.8, 4) is 0 Å². The van der Waals surface area contributed by atoms with E-state index in [1.54, 1.807) is 12.1 Å². The number of nitrogens with one attached hydrogen (secondary N) is 1. The average Bonchev–Trinajstić information content (AvgIpc) is 2.37. The summed E-state index contributed by atoms with van der Waals surface area (Å²) in [6, 6.07) is 4.84.